The molecule has 0 radical (unpaired) electrons. The maximum Gasteiger partial charge on any atom is 0.276 e. The highest BCUT2D eigenvalue weighted by molar-refractivity contribution is 7.99. The van der Waals surface area contributed by atoms with E-state index in [1.807, 2.05) is 24.3 Å². The average Bonchev–Trinajstić information content (AvgIpc) is 2.58. The molecule has 1 amide bonds. The summed E-state index contributed by atoms with van der Waals surface area (Å²) in [5.74, 6) is 0.428. The summed E-state index contributed by atoms with van der Waals surface area (Å²) in [6.07, 6.45) is 2.75. The van der Waals surface area contributed by atoms with Crippen LogP contribution in [0.5, 0.6) is 0 Å². The molecule has 124 valence electrons. The first kappa shape index (κ1) is 18.0. The SMILES string of the molecule is O=C(/C=C/c1ccccc1[N+](=O)[O-])NCCSc1ccc(Cl)cc1. The molecule has 24 heavy (non-hydrogen) atoms. The van der Waals surface area contributed by atoms with Gasteiger partial charge in [-0.15, -0.1) is 11.8 Å². The molecule has 0 aromatic heterocycles. The summed E-state index contributed by atoms with van der Waals surface area (Å²) in [5.41, 5.74) is 0.369. The quantitative estimate of drug-likeness (QED) is 0.264. The van der Waals surface area contributed by atoms with E-state index in [9.17, 15) is 14.9 Å². The lowest BCUT2D eigenvalue weighted by Crippen LogP contribution is -2.23. The number of amides is 1. The fourth-order valence-electron chi connectivity index (χ4n) is 1.89. The first-order chi connectivity index (χ1) is 11.6. The molecule has 0 aliphatic heterocycles. The molecule has 0 saturated carbocycles. The van der Waals surface area contributed by atoms with E-state index in [1.165, 1.54) is 18.2 Å². The standard InChI is InChI=1S/C17H15ClN2O3S/c18-14-6-8-15(9-7-14)24-12-11-19-17(21)10-5-13-3-1-2-4-16(13)20(22)23/h1-10H,11-12H2,(H,19,21)/b10-5+. The van der Waals surface area contributed by atoms with E-state index in [2.05, 4.69) is 5.32 Å². The Labute approximate surface area is 148 Å². The van der Waals surface area contributed by atoms with Crippen molar-refractivity contribution in [2.24, 2.45) is 0 Å². The average molecular weight is 363 g/mol. The first-order valence-electron chi connectivity index (χ1n) is 7.14. The molecular formula is C17H15ClN2O3S. The van der Waals surface area contributed by atoms with Crippen LogP contribution in [0.3, 0.4) is 0 Å². The van der Waals surface area contributed by atoms with E-state index in [0.29, 0.717) is 22.9 Å². The highest BCUT2D eigenvalue weighted by Gasteiger charge is 2.09. The van der Waals surface area contributed by atoms with Gasteiger partial charge in [0.05, 0.1) is 10.5 Å². The van der Waals surface area contributed by atoms with Gasteiger partial charge in [0, 0.05) is 34.4 Å². The van der Waals surface area contributed by atoms with Crippen molar-refractivity contribution in [3.63, 3.8) is 0 Å². The number of nitrogens with zero attached hydrogens (tertiary/aromatic N) is 1. The van der Waals surface area contributed by atoms with Crippen LogP contribution in [0.15, 0.2) is 59.5 Å². The number of carbonyl (C=O) groups is 1. The molecule has 0 aliphatic rings. The fourth-order valence-corrected chi connectivity index (χ4v) is 2.79. The lowest BCUT2D eigenvalue weighted by molar-refractivity contribution is -0.385. The topological polar surface area (TPSA) is 72.2 Å². The molecule has 0 unspecified atom stereocenters. The summed E-state index contributed by atoms with van der Waals surface area (Å²) in [6.45, 7) is 0.493. The van der Waals surface area contributed by atoms with Gasteiger partial charge in [-0.3, -0.25) is 14.9 Å². The highest BCUT2D eigenvalue weighted by atomic mass is 35.5. The van der Waals surface area contributed by atoms with Gasteiger partial charge in [-0.1, -0.05) is 23.7 Å². The van der Waals surface area contributed by atoms with Crippen molar-refractivity contribution < 1.29 is 9.72 Å². The number of nitro benzene ring substituents is 1. The van der Waals surface area contributed by atoms with E-state index in [-0.39, 0.29) is 11.6 Å². The molecule has 2 rings (SSSR count). The number of halogens is 1. The molecule has 0 fully saturated rings. The summed E-state index contributed by atoms with van der Waals surface area (Å²) in [5, 5.41) is 14.3. The van der Waals surface area contributed by atoms with Gasteiger partial charge in [0.25, 0.3) is 5.69 Å². The summed E-state index contributed by atoms with van der Waals surface area (Å²) >= 11 is 7.42. The third kappa shape index (κ3) is 5.72. The van der Waals surface area contributed by atoms with E-state index < -0.39 is 4.92 Å². The van der Waals surface area contributed by atoms with Crippen LogP contribution in [0.1, 0.15) is 5.56 Å². The molecule has 2 aromatic carbocycles. The third-order valence-corrected chi connectivity index (χ3v) is 4.30. The number of rotatable bonds is 7. The van der Waals surface area contributed by atoms with Crippen LogP contribution in [-0.4, -0.2) is 23.1 Å². The third-order valence-electron chi connectivity index (χ3n) is 3.03. The van der Waals surface area contributed by atoms with E-state index >= 15 is 0 Å². The Bertz CT molecular complexity index is 748. The minimum atomic E-state index is -0.472. The van der Waals surface area contributed by atoms with Crippen LogP contribution in [-0.2, 0) is 4.79 Å². The number of carbonyl (C=O) groups excluding carboxylic acids is 1. The van der Waals surface area contributed by atoms with Gasteiger partial charge in [-0.25, -0.2) is 0 Å². The van der Waals surface area contributed by atoms with Gasteiger partial charge < -0.3 is 5.32 Å². The van der Waals surface area contributed by atoms with Crippen molar-refractivity contribution in [3.8, 4) is 0 Å². The number of para-hydroxylation sites is 1. The van der Waals surface area contributed by atoms with E-state index in [1.54, 1.807) is 30.0 Å². The van der Waals surface area contributed by atoms with Crippen molar-refractivity contribution in [2.45, 2.75) is 4.90 Å². The minimum absolute atomic E-state index is 0.0279. The molecule has 7 heteroatoms. The van der Waals surface area contributed by atoms with Crippen LogP contribution in [0, 0.1) is 10.1 Å². The summed E-state index contributed by atoms with van der Waals surface area (Å²) in [4.78, 5) is 23.3. The molecule has 0 heterocycles. The second-order valence-corrected chi connectivity index (χ2v) is 6.35. The molecule has 2 aromatic rings. The van der Waals surface area contributed by atoms with Gasteiger partial charge in [0.15, 0.2) is 0 Å². The molecule has 0 atom stereocenters. The Kier molecular flexibility index (Phi) is 6.84. The lowest BCUT2D eigenvalue weighted by atomic mass is 10.1. The summed E-state index contributed by atoms with van der Waals surface area (Å²) in [6, 6.07) is 13.7. The monoisotopic (exact) mass is 362 g/mol. The van der Waals surface area contributed by atoms with Crippen molar-refractivity contribution in [1.29, 1.82) is 0 Å². The molecular weight excluding hydrogens is 348 g/mol. The van der Waals surface area contributed by atoms with Crippen LogP contribution < -0.4 is 5.32 Å². The second kappa shape index (κ2) is 9.10. The van der Waals surface area contributed by atoms with Gasteiger partial charge >= 0.3 is 0 Å². The van der Waals surface area contributed by atoms with Gasteiger partial charge in [0.1, 0.15) is 0 Å². The van der Waals surface area contributed by atoms with Crippen molar-refractivity contribution >= 4 is 41.0 Å². The van der Waals surface area contributed by atoms with Crippen LogP contribution in [0.4, 0.5) is 5.69 Å². The molecule has 5 nitrogen and oxygen atoms in total. The van der Waals surface area contributed by atoms with Crippen LogP contribution in [0.2, 0.25) is 5.02 Å². The minimum Gasteiger partial charge on any atom is -0.352 e. The van der Waals surface area contributed by atoms with Gasteiger partial charge in [0.2, 0.25) is 5.91 Å². The molecule has 0 spiro atoms. The zero-order valence-corrected chi connectivity index (χ0v) is 14.2. The summed E-state index contributed by atoms with van der Waals surface area (Å²) < 4.78 is 0. The summed E-state index contributed by atoms with van der Waals surface area (Å²) in [7, 11) is 0. The Morgan fingerprint density at radius 3 is 2.62 bits per heavy atom. The van der Waals surface area contributed by atoms with Gasteiger partial charge in [-0.2, -0.15) is 0 Å². The predicted molar refractivity (Wildman–Crippen MR) is 97.3 cm³/mol. The number of hydrogen-bond acceptors (Lipinski definition) is 4. The largest absolute Gasteiger partial charge is 0.352 e. The molecule has 1 N–H and O–H groups in total. The molecule has 0 saturated heterocycles. The number of hydrogen-bond donors (Lipinski definition) is 1. The first-order valence-corrected chi connectivity index (χ1v) is 8.50. The van der Waals surface area contributed by atoms with E-state index in [4.69, 9.17) is 11.6 Å². The maximum absolute atomic E-state index is 11.8. The molecule has 0 aliphatic carbocycles. The number of nitro groups is 1. The van der Waals surface area contributed by atoms with E-state index in [0.717, 1.165) is 4.90 Å². The number of nitrogens with one attached hydrogen (secondary N) is 1. The van der Waals surface area contributed by atoms with Crippen molar-refractivity contribution in [1.82, 2.24) is 5.32 Å². The zero-order chi connectivity index (χ0) is 17.4. The molecule has 0 bridgehead atoms. The number of benzene rings is 2. The van der Waals surface area contributed by atoms with Gasteiger partial charge in [-0.05, 0) is 36.4 Å². The highest BCUT2D eigenvalue weighted by Crippen LogP contribution is 2.20. The van der Waals surface area contributed by atoms with Crippen LogP contribution >= 0.6 is 23.4 Å². The Hall–Kier alpha value is -2.31. The predicted octanol–water partition coefficient (Wildman–Crippen LogP) is 4.17. The Balaban J connectivity index is 1.79. The number of thioether (sulfide) groups is 1. The zero-order valence-electron chi connectivity index (χ0n) is 12.6. The van der Waals surface area contributed by atoms with Crippen molar-refractivity contribution in [2.75, 3.05) is 12.3 Å². The second-order valence-electron chi connectivity index (χ2n) is 4.74. The maximum atomic E-state index is 11.8. The normalized spacial score (nSPS) is 10.7. The lowest BCUT2D eigenvalue weighted by Gasteiger charge is -2.03. The smallest absolute Gasteiger partial charge is 0.276 e. The Morgan fingerprint density at radius 1 is 1.21 bits per heavy atom. The fraction of sp³-hybridized carbons (Fsp3) is 0.118. The Morgan fingerprint density at radius 2 is 1.92 bits per heavy atom. The van der Waals surface area contributed by atoms with Crippen LogP contribution in [0.25, 0.3) is 6.08 Å². The van der Waals surface area contributed by atoms with Crippen molar-refractivity contribution in [3.05, 3.63) is 75.3 Å².